The number of piperidine rings is 1. The summed E-state index contributed by atoms with van der Waals surface area (Å²) in [5.41, 5.74) is 2.49. The third-order valence-electron chi connectivity index (χ3n) is 6.59. The summed E-state index contributed by atoms with van der Waals surface area (Å²) in [5, 5.41) is 1.83. The number of aromatic nitrogens is 1. The molecule has 0 unspecified atom stereocenters. The molecule has 2 aromatic carbocycles. The number of anilines is 1. The highest BCUT2D eigenvalue weighted by Gasteiger charge is 2.41. The van der Waals surface area contributed by atoms with E-state index < -0.39 is 16.4 Å². The molecule has 6 nitrogen and oxygen atoms in total. The van der Waals surface area contributed by atoms with Gasteiger partial charge in [0.2, 0.25) is 0 Å². The number of alkyl halides is 2. The van der Waals surface area contributed by atoms with Crippen molar-refractivity contribution >= 4 is 38.8 Å². The fraction of sp³-hybridized carbons (Fsp3) is 0.375. The average molecular weight is 540 g/mol. The summed E-state index contributed by atoms with van der Waals surface area (Å²) in [6, 6.07) is 11.7. The van der Waals surface area contributed by atoms with Crippen LogP contribution in [0.2, 0.25) is 5.02 Å². The number of hydrogen-bond donors (Lipinski definition) is 1. The second-order valence-electron chi connectivity index (χ2n) is 8.89. The van der Waals surface area contributed by atoms with Crippen LogP contribution in [0.15, 0.2) is 58.3 Å². The number of fused-ring (bicyclic) bond motifs is 2. The molecule has 1 N–H and O–H groups in total. The summed E-state index contributed by atoms with van der Waals surface area (Å²) in [7, 11) is -3.81. The molecule has 0 saturated carbocycles. The summed E-state index contributed by atoms with van der Waals surface area (Å²) in [5.74, 6) is 0.705. The zero-order valence-electron chi connectivity index (χ0n) is 18.6. The van der Waals surface area contributed by atoms with Crippen molar-refractivity contribution < 1.29 is 21.9 Å². The van der Waals surface area contributed by atoms with Crippen LogP contribution >= 0.6 is 22.9 Å². The van der Waals surface area contributed by atoms with E-state index in [0.717, 1.165) is 31.2 Å². The normalized spacial score (nSPS) is 22.5. The lowest BCUT2D eigenvalue weighted by Crippen LogP contribution is -2.45. The second kappa shape index (κ2) is 10.0. The molecule has 1 aromatic heterocycles. The quantitative estimate of drug-likeness (QED) is 0.374. The van der Waals surface area contributed by atoms with E-state index in [9.17, 15) is 17.2 Å². The Bertz CT molecular complexity index is 1280. The Morgan fingerprint density at radius 3 is 2.60 bits per heavy atom. The van der Waals surface area contributed by atoms with Crippen LogP contribution in [-0.4, -0.2) is 36.5 Å². The lowest BCUT2D eigenvalue weighted by molar-refractivity contribution is 0.0445. The van der Waals surface area contributed by atoms with E-state index in [4.69, 9.17) is 16.3 Å². The maximum atomic E-state index is 13.1. The summed E-state index contributed by atoms with van der Waals surface area (Å²) < 4.78 is 60.0. The van der Waals surface area contributed by atoms with Crippen molar-refractivity contribution in [3.63, 3.8) is 0 Å². The van der Waals surface area contributed by atoms with E-state index in [2.05, 4.69) is 14.6 Å². The number of nitrogens with zero attached hydrogens (tertiary/aromatic N) is 2. The summed E-state index contributed by atoms with van der Waals surface area (Å²) in [4.78, 5) is 6.37. The van der Waals surface area contributed by atoms with E-state index in [0.29, 0.717) is 24.4 Å². The van der Waals surface area contributed by atoms with E-state index in [-0.39, 0.29) is 27.4 Å². The molecule has 11 heteroatoms. The van der Waals surface area contributed by atoms with Crippen LogP contribution in [0.25, 0.3) is 0 Å². The number of thiazole rings is 1. The van der Waals surface area contributed by atoms with Crippen molar-refractivity contribution in [3.8, 4) is 5.75 Å². The average Bonchev–Trinajstić information content (AvgIpc) is 3.40. The Hall–Kier alpha value is -2.27. The van der Waals surface area contributed by atoms with E-state index in [1.807, 2.05) is 6.07 Å². The zero-order chi connectivity index (χ0) is 24.6. The highest BCUT2D eigenvalue weighted by Crippen LogP contribution is 2.39. The Kier molecular flexibility index (Phi) is 6.98. The predicted molar refractivity (Wildman–Crippen MR) is 132 cm³/mol. The molecule has 0 radical (unpaired) electrons. The first-order chi connectivity index (χ1) is 16.8. The van der Waals surface area contributed by atoms with Gasteiger partial charge in [0.05, 0.1) is 15.4 Å². The van der Waals surface area contributed by atoms with E-state index in [1.54, 1.807) is 29.1 Å². The fourth-order valence-electron chi connectivity index (χ4n) is 5.00. The van der Waals surface area contributed by atoms with Gasteiger partial charge in [-0.05, 0) is 55.5 Å². The Morgan fingerprint density at radius 1 is 1.17 bits per heavy atom. The molecule has 0 spiro atoms. The van der Waals surface area contributed by atoms with Crippen molar-refractivity contribution in [2.75, 3.05) is 4.72 Å². The van der Waals surface area contributed by atoms with Crippen molar-refractivity contribution in [2.45, 2.75) is 61.7 Å². The molecule has 35 heavy (non-hydrogen) atoms. The van der Waals surface area contributed by atoms with Gasteiger partial charge in [-0.15, -0.1) is 11.3 Å². The molecular weight excluding hydrogens is 516 g/mol. The largest absolute Gasteiger partial charge is 0.489 e. The predicted octanol–water partition coefficient (Wildman–Crippen LogP) is 6.11. The van der Waals surface area contributed by atoms with Crippen LogP contribution in [0.1, 0.15) is 43.2 Å². The first kappa shape index (κ1) is 24.4. The van der Waals surface area contributed by atoms with Crippen molar-refractivity contribution in [3.05, 3.63) is 69.5 Å². The first-order valence-corrected chi connectivity index (χ1v) is 14.1. The van der Waals surface area contributed by atoms with Gasteiger partial charge in [-0.1, -0.05) is 29.8 Å². The molecule has 0 aliphatic carbocycles. The van der Waals surface area contributed by atoms with Crippen LogP contribution in [-0.2, 0) is 16.6 Å². The molecule has 3 heterocycles. The van der Waals surface area contributed by atoms with E-state index in [1.165, 1.54) is 29.5 Å². The van der Waals surface area contributed by atoms with Gasteiger partial charge >= 0.3 is 0 Å². The fourth-order valence-corrected chi connectivity index (χ4v) is 6.87. The SMILES string of the molecule is O=S(=O)(Nc1cscn1)c1ccc(O[C@H]2C[C@H]3CC[C@@H](C2)N3Cc2cccc(C(F)F)c2)c(Cl)c1. The molecular formula is C24H24ClF2N3O3S2. The third kappa shape index (κ3) is 5.45. The monoisotopic (exact) mass is 539 g/mol. The molecule has 2 aliphatic rings. The minimum absolute atomic E-state index is 0.0313. The summed E-state index contributed by atoms with van der Waals surface area (Å²) >= 11 is 7.69. The Morgan fingerprint density at radius 2 is 1.94 bits per heavy atom. The third-order valence-corrected chi connectivity index (χ3v) is 8.82. The van der Waals surface area contributed by atoms with Gasteiger partial charge in [0.15, 0.2) is 5.82 Å². The van der Waals surface area contributed by atoms with Gasteiger partial charge in [0.1, 0.15) is 11.9 Å². The number of hydrogen-bond acceptors (Lipinski definition) is 6. The minimum Gasteiger partial charge on any atom is -0.489 e. The molecule has 3 atom stereocenters. The van der Waals surface area contributed by atoms with Crippen LogP contribution in [0.4, 0.5) is 14.6 Å². The van der Waals surface area contributed by atoms with Crippen LogP contribution in [0.3, 0.4) is 0 Å². The second-order valence-corrected chi connectivity index (χ2v) is 11.7. The van der Waals surface area contributed by atoms with Gasteiger partial charge in [-0.25, -0.2) is 22.2 Å². The minimum atomic E-state index is -3.81. The highest BCUT2D eigenvalue weighted by atomic mass is 35.5. The number of benzene rings is 2. The summed E-state index contributed by atoms with van der Waals surface area (Å²) in [6.45, 7) is 0.641. The van der Waals surface area contributed by atoms with Crippen LogP contribution in [0, 0.1) is 0 Å². The van der Waals surface area contributed by atoms with Crippen LogP contribution in [0.5, 0.6) is 5.75 Å². The maximum Gasteiger partial charge on any atom is 0.263 e. The smallest absolute Gasteiger partial charge is 0.263 e. The van der Waals surface area contributed by atoms with Gasteiger partial charge in [0.25, 0.3) is 16.4 Å². The number of nitrogens with one attached hydrogen (secondary N) is 1. The standard InChI is InChI=1S/C24H24ClF2N3O3S2/c25-21-11-20(35(31,32)29-23-13-34-14-28-23)6-7-22(21)33-19-9-17-4-5-18(10-19)30(17)12-15-2-1-3-16(8-15)24(26)27/h1-3,6-8,11,13-14,17-19,24,29H,4-5,9-10,12H2/t17-,18+,19+. The lowest BCUT2D eigenvalue weighted by atomic mass is 9.98. The Balaban J connectivity index is 1.23. The molecule has 2 saturated heterocycles. The van der Waals surface area contributed by atoms with Gasteiger partial charge < -0.3 is 4.74 Å². The van der Waals surface area contributed by atoms with Gasteiger partial charge in [-0.3, -0.25) is 9.62 Å². The first-order valence-electron chi connectivity index (χ1n) is 11.3. The molecule has 0 amide bonds. The topological polar surface area (TPSA) is 71.5 Å². The Labute approximate surface area is 211 Å². The molecule has 186 valence electrons. The lowest BCUT2D eigenvalue weighted by Gasteiger charge is -2.39. The molecule has 2 aliphatic heterocycles. The van der Waals surface area contributed by atoms with Crippen LogP contribution < -0.4 is 9.46 Å². The number of sulfonamides is 1. The van der Waals surface area contributed by atoms with Gasteiger partial charge in [-0.2, -0.15) is 0 Å². The number of ether oxygens (including phenoxy) is 1. The number of halogens is 3. The number of rotatable bonds is 8. The molecule has 5 rings (SSSR count). The van der Waals surface area contributed by atoms with E-state index >= 15 is 0 Å². The molecule has 3 aromatic rings. The summed E-state index contributed by atoms with van der Waals surface area (Å²) in [6.07, 6.45) is 1.14. The van der Waals surface area contributed by atoms with Crippen molar-refractivity contribution in [1.82, 2.24) is 9.88 Å². The van der Waals surface area contributed by atoms with Gasteiger partial charge in [0, 0.05) is 29.6 Å². The molecule has 2 fully saturated rings. The zero-order valence-corrected chi connectivity index (χ0v) is 21.0. The van der Waals surface area contributed by atoms with Crippen molar-refractivity contribution in [1.29, 1.82) is 0 Å². The molecule has 2 bridgehead atoms. The van der Waals surface area contributed by atoms with Crippen molar-refractivity contribution in [2.24, 2.45) is 0 Å². The maximum absolute atomic E-state index is 13.1. The highest BCUT2D eigenvalue weighted by molar-refractivity contribution is 7.92.